The molecule has 0 aliphatic carbocycles. The molecule has 0 aliphatic rings. The van der Waals surface area contributed by atoms with Gasteiger partial charge in [0.1, 0.15) is 11.3 Å². The van der Waals surface area contributed by atoms with Gasteiger partial charge in [-0.25, -0.2) is 4.68 Å². The molecule has 0 aliphatic heterocycles. The van der Waals surface area contributed by atoms with Crippen LogP contribution < -0.4 is 0 Å². The summed E-state index contributed by atoms with van der Waals surface area (Å²) in [6.07, 6.45) is 0. The van der Waals surface area contributed by atoms with Crippen molar-refractivity contribution in [2.75, 3.05) is 0 Å². The maximum absolute atomic E-state index is 9.38. The minimum absolute atomic E-state index is 0.272. The third-order valence-electron chi connectivity index (χ3n) is 1.68. The number of aromatic hydroxyl groups is 1. The fourth-order valence-electron chi connectivity index (χ4n) is 1.04. The van der Waals surface area contributed by atoms with Gasteiger partial charge in [-0.05, 0) is 28.7 Å². The molecule has 0 bridgehead atoms. The van der Waals surface area contributed by atoms with Crippen molar-refractivity contribution in [2.24, 2.45) is 7.05 Å². The van der Waals surface area contributed by atoms with Gasteiger partial charge in [-0.3, -0.25) is 0 Å². The molecule has 4 nitrogen and oxygen atoms in total. The molecule has 1 aromatic heterocycles. The van der Waals surface area contributed by atoms with E-state index in [1.807, 2.05) is 0 Å². The van der Waals surface area contributed by atoms with E-state index in [-0.39, 0.29) is 5.75 Å². The first kappa shape index (κ1) is 7.78. The van der Waals surface area contributed by atoms with Gasteiger partial charge in [-0.15, -0.1) is 5.10 Å². The van der Waals surface area contributed by atoms with Crippen molar-refractivity contribution in [1.29, 1.82) is 0 Å². The highest BCUT2D eigenvalue weighted by Gasteiger charge is 2.05. The number of benzene rings is 1. The van der Waals surface area contributed by atoms with Crippen LogP contribution >= 0.6 is 22.6 Å². The lowest BCUT2D eigenvalue weighted by atomic mass is 10.3. The molecule has 0 spiro atoms. The van der Waals surface area contributed by atoms with Gasteiger partial charge in [0.15, 0.2) is 0 Å². The van der Waals surface area contributed by atoms with Crippen molar-refractivity contribution in [3.05, 3.63) is 15.7 Å². The fourth-order valence-corrected chi connectivity index (χ4v) is 1.49. The molecular weight excluding hydrogens is 269 g/mol. The molecule has 62 valence electrons. The SMILES string of the molecule is Cn1nnc2cc(I)c(O)cc21. The third-order valence-corrected chi connectivity index (χ3v) is 2.54. The molecule has 1 N–H and O–H groups in total. The van der Waals surface area contributed by atoms with Gasteiger partial charge < -0.3 is 5.11 Å². The molecule has 0 radical (unpaired) electrons. The molecule has 0 saturated carbocycles. The minimum Gasteiger partial charge on any atom is -0.507 e. The number of aromatic nitrogens is 3. The molecule has 5 heteroatoms. The Morgan fingerprint density at radius 1 is 1.50 bits per heavy atom. The Labute approximate surface area is 82.3 Å². The van der Waals surface area contributed by atoms with E-state index < -0.39 is 0 Å². The number of hydrogen-bond acceptors (Lipinski definition) is 3. The summed E-state index contributed by atoms with van der Waals surface area (Å²) in [5, 5.41) is 17.1. The van der Waals surface area contributed by atoms with E-state index in [9.17, 15) is 5.11 Å². The lowest BCUT2D eigenvalue weighted by Gasteiger charge is -1.96. The van der Waals surface area contributed by atoms with Gasteiger partial charge in [0.25, 0.3) is 0 Å². The van der Waals surface area contributed by atoms with Crippen LogP contribution in [-0.2, 0) is 7.05 Å². The number of rotatable bonds is 0. The zero-order valence-electron chi connectivity index (χ0n) is 6.32. The van der Waals surface area contributed by atoms with E-state index in [0.29, 0.717) is 0 Å². The van der Waals surface area contributed by atoms with Crippen LogP contribution in [0.2, 0.25) is 0 Å². The second-order valence-corrected chi connectivity index (χ2v) is 3.67. The second-order valence-electron chi connectivity index (χ2n) is 2.51. The predicted molar refractivity (Wildman–Crippen MR) is 52.9 cm³/mol. The molecule has 12 heavy (non-hydrogen) atoms. The molecule has 2 aromatic rings. The summed E-state index contributed by atoms with van der Waals surface area (Å²) >= 11 is 2.05. The first-order chi connectivity index (χ1) is 5.68. The fraction of sp³-hybridized carbons (Fsp3) is 0.143. The van der Waals surface area contributed by atoms with Crippen LogP contribution in [0.15, 0.2) is 12.1 Å². The Hall–Kier alpha value is -0.850. The highest BCUT2D eigenvalue weighted by atomic mass is 127. The van der Waals surface area contributed by atoms with E-state index in [1.54, 1.807) is 23.9 Å². The number of phenolic OH excluding ortho intramolecular Hbond substituents is 1. The monoisotopic (exact) mass is 275 g/mol. The van der Waals surface area contributed by atoms with Gasteiger partial charge in [0.2, 0.25) is 0 Å². The summed E-state index contributed by atoms with van der Waals surface area (Å²) in [5.41, 5.74) is 1.65. The van der Waals surface area contributed by atoms with Gasteiger partial charge in [0.05, 0.1) is 9.09 Å². The lowest BCUT2D eigenvalue weighted by Crippen LogP contribution is -1.89. The summed E-state index contributed by atoms with van der Waals surface area (Å²) in [6, 6.07) is 3.47. The average Bonchev–Trinajstić information content (AvgIpc) is 2.35. The maximum Gasteiger partial charge on any atom is 0.131 e. The highest BCUT2D eigenvalue weighted by molar-refractivity contribution is 14.1. The molecule has 0 unspecified atom stereocenters. The van der Waals surface area contributed by atoms with Crippen LogP contribution in [0.1, 0.15) is 0 Å². The van der Waals surface area contributed by atoms with E-state index in [0.717, 1.165) is 14.6 Å². The quantitative estimate of drug-likeness (QED) is 0.737. The highest BCUT2D eigenvalue weighted by Crippen LogP contribution is 2.24. The summed E-state index contributed by atoms with van der Waals surface area (Å²) in [6.45, 7) is 0. The van der Waals surface area contributed by atoms with Crippen LogP contribution in [0.5, 0.6) is 5.75 Å². The smallest absolute Gasteiger partial charge is 0.131 e. The molecule has 0 atom stereocenters. The number of aryl methyl sites for hydroxylation is 1. The zero-order valence-corrected chi connectivity index (χ0v) is 8.48. The van der Waals surface area contributed by atoms with Crippen molar-refractivity contribution >= 4 is 33.6 Å². The van der Waals surface area contributed by atoms with E-state index in [1.165, 1.54) is 0 Å². The van der Waals surface area contributed by atoms with Crippen molar-refractivity contribution < 1.29 is 5.11 Å². The minimum atomic E-state index is 0.272. The first-order valence-electron chi connectivity index (χ1n) is 3.36. The molecule has 1 aromatic carbocycles. The van der Waals surface area contributed by atoms with Gasteiger partial charge in [-0.1, -0.05) is 5.21 Å². The van der Waals surface area contributed by atoms with Gasteiger partial charge in [0, 0.05) is 13.1 Å². The van der Waals surface area contributed by atoms with Gasteiger partial charge >= 0.3 is 0 Å². The molecule has 0 fully saturated rings. The molecule has 1 heterocycles. The van der Waals surface area contributed by atoms with Crippen LogP contribution in [0.4, 0.5) is 0 Å². The predicted octanol–water partition coefficient (Wildman–Crippen LogP) is 1.28. The standard InChI is InChI=1S/C7H6IN3O/c1-11-6-3-7(12)4(8)2-5(6)9-10-11/h2-3,12H,1H3. The number of phenols is 1. The number of fused-ring (bicyclic) bond motifs is 1. The molecule has 0 amide bonds. The second kappa shape index (κ2) is 2.58. The summed E-state index contributed by atoms with van der Waals surface area (Å²) < 4.78 is 2.42. The molecular formula is C7H6IN3O. The summed E-state index contributed by atoms with van der Waals surface area (Å²) in [5.74, 6) is 0.272. The Balaban J connectivity index is 2.87. The molecule has 2 rings (SSSR count). The summed E-state index contributed by atoms with van der Waals surface area (Å²) in [7, 11) is 1.79. The van der Waals surface area contributed by atoms with Crippen LogP contribution in [0.25, 0.3) is 11.0 Å². The Bertz CT molecular complexity index is 437. The van der Waals surface area contributed by atoms with Crippen LogP contribution in [0.3, 0.4) is 0 Å². The van der Waals surface area contributed by atoms with Gasteiger partial charge in [-0.2, -0.15) is 0 Å². The van der Waals surface area contributed by atoms with Crippen LogP contribution in [0, 0.1) is 3.57 Å². The largest absolute Gasteiger partial charge is 0.507 e. The van der Waals surface area contributed by atoms with E-state index in [4.69, 9.17) is 0 Å². The van der Waals surface area contributed by atoms with E-state index in [2.05, 4.69) is 32.9 Å². The number of nitrogens with zero attached hydrogens (tertiary/aromatic N) is 3. The Morgan fingerprint density at radius 2 is 2.25 bits per heavy atom. The van der Waals surface area contributed by atoms with E-state index >= 15 is 0 Å². The Kier molecular flexibility index (Phi) is 1.67. The lowest BCUT2D eigenvalue weighted by molar-refractivity contribution is 0.472. The van der Waals surface area contributed by atoms with Crippen molar-refractivity contribution in [3.63, 3.8) is 0 Å². The third kappa shape index (κ3) is 1.04. The zero-order chi connectivity index (χ0) is 8.72. The van der Waals surface area contributed by atoms with Crippen molar-refractivity contribution in [1.82, 2.24) is 15.0 Å². The summed E-state index contributed by atoms with van der Waals surface area (Å²) in [4.78, 5) is 0. The average molecular weight is 275 g/mol. The van der Waals surface area contributed by atoms with Crippen molar-refractivity contribution in [3.8, 4) is 5.75 Å². The number of halogens is 1. The molecule has 0 saturated heterocycles. The van der Waals surface area contributed by atoms with Crippen LogP contribution in [-0.4, -0.2) is 20.1 Å². The maximum atomic E-state index is 9.38. The number of hydrogen-bond donors (Lipinski definition) is 1. The van der Waals surface area contributed by atoms with Crippen molar-refractivity contribution in [2.45, 2.75) is 0 Å². The normalized spacial score (nSPS) is 10.8. The topological polar surface area (TPSA) is 50.9 Å². The Morgan fingerprint density at radius 3 is 3.00 bits per heavy atom. The first-order valence-corrected chi connectivity index (χ1v) is 4.44.